The Morgan fingerprint density at radius 1 is 0.889 bits per heavy atom. The van der Waals surface area contributed by atoms with E-state index in [1.54, 1.807) is 0 Å². The fourth-order valence-electron chi connectivity index (χ4n) is 4.66. The van der Waals surface area contributed by atoms with Gasteiger partial charge >= 0.3 is 0 Å². The standard InChI is InChI=1S/C26H36O/c1-3-5-6-18-26(27)19-7-9-25(20-26)24-16-14-23(15-17-24)22-12-10-21(8-4-2)11-13-22/h10-17,25,27H,3-9,18-20H2,1-2H3. The van der Waals surface area contributed by atoms with Crippen LogP contribution in [0.3, 0.4) is 0 Å². The quantitative estimate of drug-likeness (QED) is 0.488. The van der Waals surface area contributed by atoms with Crippen LogP contribution in [0.15, 0.2) is 48.5 Å². The molecule has 0 amide bonds. The van der Waals surface area contributed by atoms with Gasteiger partial charge in [0.05, 0.1) is 5.60 Å². The molecule has 1 nitrogen and oxygen atoms in total. The normalized spacial score (nSPS) is 22.7. The molecule has 27 heavy (non-hydrogen) atoms. The molecular formula is C26H36O. The van der Waals surface area contributed by atoms with Crippen molar-refractivity contribution in [3.05, 3.63) is 59.7 Å². The van der Waals surface area contributed by atoms with Gasteiger partial charge in [-0.15, -0.1) is 0 Å². The molecule has 2 aromatic rings. The minimum absolute atomic E-state index is 0.439. The molecule has 0 saturated heterocycles. The first kappa shape index (κ1) is 20.1. The molecule has 1 heteroatoms. The summed E-state index contributed by atoms with van der Waals surface area (Å²) in [6.07, 6.45) is 11.2. The van der Waals surface area contributed by atoms with Gasteiger partial charge in [0.25, 0.3) is 0 Å². The van der Waals surface area contributed by atoms with E-state index in [0.29, 0.717) is 5.92 Å². The summed E-state index contributed by atoms with van der Waals surface area (Å²) in [5.74, 6) is 0.506. The highest BCUT2D eigenvalue weighted by molar-refractivity contribution is 5.64. The Bertz CT molecular complexity index is 685. The van der Waals surface area contributed by atoms with E-state index < -0.39 is 5.60 Å². The molecule has 0 spiro atoms. The summed E-state index contributed by atoms with van der Waals surface area (Å²) in [7, 11) is 0. The Morgan fingerprint density at radius 3 is 2.19 bits per heavy atom. The van der Waals surface area contributed by atoms with Crippen molar-refractivity contribution in [1.82, 2.24) is 0 Å². The maximum Gasteiger partial charge on any atom is 0.0653 e. The molecule has 1 fully saturated rings. The molecule has 2 atom stereocenters. The summed E-state index contributed by atoms with van der Waals surface area (Å²) >= 11 is 0. The van der Waals surface area contributed by atoms with Crippen LogP contribution in [0.4, 0.5) is 0 Å². The van der Waals surface area contributed by atoms with Crippen molar-refractivity contribution >= 4 is 0 Å². The molecule has 0 radical (unpaired) electrons. The lowest BCUT2D eigenvalue weighted by atomic mass is 9.73. The first-order chi connectivity index (χ1) is 13.1. The summed E-state index contributed by atoms with van der Waals surface area (Å²) in [6.45, 7) is 4.45. The van der Waals surface area contributed by atoms with E-state index in [1.165, 1.54) is 47.9 Å². The van der Waals surface area contributed by atoms with Gasteiger partial charge in [-0.25, -0.2) is 0 Å². The highest BCUT2D eigenvalue weighted by atomic mass is 16.3. The van der Waals surface area contributed by atoms with Gasteiger partial charge in [-0.2, -0.15) is 0 Å². The topological polar surface area (TPSA) is 20.2 Å². The van der Waals surface area contributed by atoms with E-state index in [-0.39, 0.29) is 0 Å². The van der Waals surface area contributed by atoms with Crippen LogP contribution in [0.1, 0.15) is 88.7 Å². The Kier molecular flexibility index (Phi) is 7.13. The van der Waals surface area contributed by atoms with Crippen LogP contribution in [0.25, 0.3) is 11.1 Å². The maximum absolute atomic E-state index is 11.0. The van der Waals surface area contributed by atoms with Gasteiger partial charge in [-0.05, 0) is 66.7 Å². The Labute approximate surface area is 165 Å². The van der Waals surface area contributed by atoms with Gasteiger partial charge in [-0.1, -0.05) is 88.1 Å². The van der Waals surface area contributed by atoms with Gasteiger partial charge in [0.2, 0.25) is 0 Å². The van der Waals surface area contributed by atoms with Crippen LogP contribution < -0.4 is 0 Å². The largest absolute Gasteiger partial charge is 0.390 e. The third-order valence-corrected chi connectivity index (χ3v) is 6.27. The van der Waals surface area contributed by atoms with Gasteiger partial charge in [-0.3, -0.25) is 0 Å². The van der Waals surface area contributed by atoms with Crippen LogP contribution in [0, 0.1) is 0 Å². The zero-order chi connectivity index (χ0) is 19.1. The molecular weight excluding hydrogens is 328 g/mol. The molecule has 3 rings (SSSR count). The van der Waals surface area contributed by atoms with E-state index in [4.69, 9.17) is 0 Å². The third kappa shape index (κ3) is 5.45. The molecule has 0 aliphatic heterocycles. The van der Waals surface area contributed by atoms with Gasteiger partial charge < -0.3 is 5.11 Å². The Hall–Kier alpha value is -1.60. The Balaban J connectivity index is 1.65. The summed E-state index contributed by atoms with van der Waals surface area (Å²) in [5, 5.41) is 11.0. The monoisotopic (exact) mass is 364 g/mol. The second-order valence-corrected chi connectivity index (χ2v) is 8.54. The second kappa shape index (κ2) is 9.55. The smallest absolute Gasteiger partial charge is 0.0653 e. The predicted molar refractivity (Wildman–Crippen MR) is 116 cm³/mol. The molecule has 1 aliphatic rings. The minimum Gasteiger partial charge on any atom is -0.390 e. The van der Waals surface area contributed by atoms with Gasteiger partial charge in [0, 0.05) is 0 Å². The summed E-state index contributed by atoms with van der Waals surface area (Å²) in [6, 6.07) is 18.1. The number of unbranched alkanes of at least 4 members (excludes halogenated alkanes) is 2. The maximum atomic E-state index is 11.0. The molecule has 0 heterocycles. The number of aryl methyl sites for hydroxylation is 1. The summed E-state index contributed by atoms with van der Waals surface area (Å²) < 4.78 is 0. The lowest BCUT2D eigenvalue weighted by Crippen LogP contribution is -2.34. The van der Waals surface area contributed by atoms with E-state index in [9.17, 15) is 5.11 Å². The fourth-order valence-corrected chi connectivity index (χ4v) is 4.66. The molecule has 2 unspecified atom stereocenters. The summed E-state index contributed by atoms with van der Waals surface area (Å²) in [5.41, 5.74) is 4.96. The van der Waals surface area contributed by atoms with E-state index in [2.05, 4.69) is 62.4 Å². The van der Waals surface area contributed by atoms with E-state index in [1.807, 2.05) is 0 Å². The van der Waals surface area contributed by atoms with Crippen molar-refractivity contribution in [3.63, 3.8) is 0 Å². The first-order valence-corrected chi connectivity index (χ1v) is 11.0. The van der Waals surface area contributed by atoms with Crippen molar-refractivity contribution in [2.45, 2.75) is 89.6 Å². The van der Waals surface area contributed by atoms with Crippen LogP contribution >= 0.6 is 0 Å². The molecule has 0 bridgehead atoms. The van der Waals surface area contributed by atoms with Crippen molar-refractivity contribution < 1.29 is 5.11 Å². The molecule has 146 valence electrons. The van der Waals surface area contributed by atoms with Crippen LogP contribution in [-0.2, 0) is 6.42 Å². The fraction of sp³-hybridized carbons (Fsp3) is 0.538. The minimum atomic E-state index is -0.439. The third-order valence-electron chi connectivity index (χ3n) is 6.27. The lowest BCUT2D eigenvalue weighted by Gasteiger charge is -2.37. The molecule has 0 aromatic heterocycles. The number of hydrogen-bond donors (Lipinski definition) is 1. The lowest BCUT2D eigenvalue weighted by molar-refractivity contribution is -0.0130. The number of rotatable bonds is 8. The second-order valence-electron chi connectivity index (χ2n) is 8.54. The molecule has 2 aromatic carbocycles. The van der Waals surface area contributed by atoms with Crippen LogP contribution in [0.5, 0.6) is 0 Å². The van der Waals surface area contributed by atoms with Gasteiger partial charge in [0.1, 0.15) is 0 Å². The number of aliphatic hydroxyl groups is 1. The predicted octanol–water partition coefficient (Wildman–Crippen LogP) is 7.28. The summed E-state index contributed by atoms with van der Waals surface area (Å²) in [4.78, 5) is 0. The van der Waals surface area contributed by atoms with Crippen LogP contribution in [0.2, 0.25) is 0 Å². The van der Waals surface area contributed by atoms with Crippen molar-refractivity contribution in [3.8, 4) is 11.1 Å². The number of benzene rings is 2. The molecule has 1 saturated carbocycles. The molecule has 1 N–H and O–H groups in total. The van der Waals surface area contributed by atoms with E-state index >= 15 is 0 Å². The van der Waals surface area contributed by atoms with Crippen LogP contribution in [-0.4, -0.2) is 10.7 Å². The highest BCUT2D eigenvalue weighted by Crippen LogP contribution is 2.41. The SMILES string of the molecule is CCCCCC1(O)CCCC(c2ccc(-c3ccc(CCC)cc3)cc2)C1. The van der Waals surface area contributed by atoms with Gasteiger partial charge in [0.15, 0.2) is 0 Å². The highest BCUT2D eigenvalue weighted by Gasteiger charge is 2.34. The average molecular weight is 365 g/mol. The average Bonchev–Trinajstić information content (AvgIpc) is 2.69. The van der Waals surface area contributed by atoms with E-state index in [0.717, 1.165) is 38.5 Å². The Morgan fingerprint density at radius 2 is 1.56 bits per heavy atom. The molecule has 1 aliphatic carbocycles. The zero-order valence-corrected chi connectivity index (χ0v) is 17.2. The first-order valence-electron chi connectivity index (χ1n) is 11.0. The van der Waals surface area contributed by atoms with Crippen molar-refractivity contribution in [2.75, 3.05) is 0 Å². The number of hydrogen-bond acceptors (Lipinski definition) is 1. The van der Waals surface area contributed by atoms with Crippen molar-refractivity contribution in [1.29, 1.82) is 0 Å². The zero-order valence-electron chi connectivity index (χ0n) is 17.2. The van der Waals surface area contributed by atoms with Crippen molar-refractivity contribution in [2.24, 2.45) is 0 Å².